The highest BCUT2D eigenvalue weighted by molar-refractivity contribution is 6.06. The molecule has 4 aliphatic rings. The van der Waals surface area contributed by atoms with Crippen molar-refractivity contribution in [3.8, 4) is 0 Å². The zero-order valence-electron chi connectivity index (χ0n) is 20.1. The van der Waals surface area contributed by atoms with Gasteiger partial charge in [-0.25, -0.2) is 18.6 Å². The predicted octanol–water partition coefficient (Wildman–Crippen LogP) is 1.77. The summed E-state index contributed by atoms with van der Waals surface area (Å²) in [4.78, 5) is 38.0. The lowest BCUT2D eigenvalue weighted by molar-refractivity contribution is -0.122. The van der Waals surface area contributed by atoms with Crippen LogP contribution in [0.25, 0.3) is 0 Å². The van der Waals surface area contributed by atoms with Gasteiger partial charge in [-0.05, 0) is 45.4 Å². The number of aromatic nitrogens is 2. The first-order valence-corrected chi connectivity index (χ1v) is 12.5. The number of hydrogen-bond donors (Lipinski definition) is 4. The summed E-state index contributed by atoms with van der Waals surface area (Å²) >= 11 is 0. The first-order chi connectivity index (χ1) is 16.6. The SMILES string of the molecule is C[C@@H](O)[C@H]1C(=O)N2CCCc3nc(N[C@H]4C[C@H](NC(=O)NC5CCC(F)(F)CC5)C4)nc(c32)N1C. The van der Waals surface area contributed by atoms with E-state index in [-0.39, 0.29) is 42.9 Å². The molecule has 10 nitrogen and oxygen atoms in total. The number of aliphatic hydroxyl groups excluding tert-OH is 1. The van der Waals surface area contributed by atoms with Crippen molar-refractivity contribution in [2.75, 3.05) is 28.7 Å². The number of alkyl halides is 2. The molecule has 2 fully saturated rings. The normalized spacial score (nSPS) is 28.6. The number of urea groups is 1. The maximum atomic E-state index is 13.3. The molecule has 35 heavy (non-hydrogen) atoms. The van der Waals surface area contributed by atoms with Gasteiger partial charge in [-0.2, -0.15) is 4.98 Å². The summed E-state index contributed by atoms with van der Waals surface area (Å²) < 4.78 is 26.6. The minimum absolute atomic E-state index is 0.0103. The van der Waals surface area contributed by atoms with Gasteiger partial charge in [-0.1, -0.05) is 0 Å². The monoisotopic (exact) mass is 493 g/mol. The molecule has 12 heteroatoms. The van der Waals surface area contributed by atoms with Crippen LogP contribution < -0.4 is 25.8 Å². The van der Waals surface area contributed by atoms with Gasteiger partial charge in [0.25, 0.3) is 5.91 Å². The highest BCUT2D eigenvalue weighted by atomic mass is 19.3. The molecule has 2 aliphatic heterocycles. The van der Waals surface area contributed by atoms with Gasteiger partial charge >= 0.3 is 6.03 Å². The molecular formula is C23H33F2N7O3. The third kappa shape index (κ3) is 4.72. The molecule has 1 aromatic heterocycles. The van der Waals surface area contributed by atoms with E-state index in [0.717, 1.165) is 24.2 Å². The molecule has 192 valence electrons. The average Bonchev–Trinajstić information content (AvgIpc) is 2.77. The highest BCUT2D eigenvalue weighted by Gasteiger charge is 2.43. The third-order valence-electron chi connectivity index (χ3n) is 7.59. The standard InChI is InChI=1S/C23H33F2N7O3/c1-12(33)17-20(34)32-9-3-4-16-18(32)19(31(17)2)30-21(29-16)26-14-10-15(11-14)28-22(35)27-13-5-7-23(24,25)8-6-13/h12-15,17,33H,3-11H2,1-2H3,(H,26,29,30)(H2,27,28,35)/t12-,14-,15-,17+/m1/s1. The Bertz CT molecular complexity index is 992. The van der Waals surface area contributed by atoms with Crippen molar-refractivity contribution in [2.45, 2.75) is 94.5 Å². The second-order valence-corrected chi connectivity index (χ2v) is 10.3. The number of aliphatic hydroxyl groups is 1. The number of rotatable bonds is 5. The fraction of sp³-hybridized carbons (Fsp3) is 0.739. The van der Waals surface area contributed by atoms with Crippen molar-refractivity contribution in [1.29, 1.82) is 0 Å². The van der Waals surface area contributed by atoms with Crippen molar-refractivity contribution in [1.82, 2.24) is 20.6 Å². The number of likely N-dealkylation sites (N-methyl/N-ethyl adjacent to an activating group) is 1. The molecule has 0 aromatic carbocycles. The van der Waals surface area contributed by atoms with Crippen LogP contribution in [-0.2, 0) is 11.2 Å². The third-order valence-corrected chi connectivity index (χ3v) is 7.59. The number of amides is 3. The minimum atomic E-state index is -2.61. The van der Waals surface area contributed by atoms with Crippen LogP contribution in [-0.4, -0.2) is 76.8 Å². The molecule has 4 N–H and O–H groups in total. The fourth-order valence-electron chi connectivity index (χ4n) is 5.61. The van der Waals surface area contributed by atoms with Crippen molar-refractivity contribution in [3.05, 3.63) is 5.69 Å². The molecule has 0 unspecified atom stereocenters. The lowest BCUT2D eigenvalue weighted by Gasteiger charge is -2.44. The summed E-state index contributed by atoms with van der Waals surface area (Å²) in [6.07, 6.45) is 2.32. The van der Waals surface area contributed by atoms with Crippen LogP contribution in [0.4, 0.5) is 31.0 Å². The molecule has 2 atom stereocenters. The van der Waals surface area contributed by atoms with Gasteiger partial charge in [0.2, 0.25) is 11.9 Å². The summed E-state index contributed by atoms with van der Waals surface area (Å²) in [6.45, 7) is 2.20. The van der Waals surface area contributed by atoms with E-state index in [4.69, 9.17) is 0 Å². The molecule has 5 rings (SSSR count). The lowest BCUT2D eigenvalue weighted by Crippen LogP contribution is -2.58. The molecule has 0 radical (unpaired) electrons. The van der Waals surface area contributed by atoms with Crippen molar-refractivity contribution >= 4 is 29.4 Å². The summed E-state index contributed by atoms with van der Waals surface area (Å²) in [5, 5.41) is 19.3. The zero-order chi connectivity index (χ0) is 24.9. The Morgan fingerprint density at radius 2 is 1.83 bits per heavy atom. The van der Waals surface area contributed by atoms with E-state index in [9.17, 15) is 23.5 Å². The molecule has 0 bridgehead atoms. The number of carbonyl (C=O) groups excluding carboxylic acids is 2. The van der Waals surface area contributed by atoms with Crippen molar-refractivity contribution in [2.24, 2.45) is 0 Å². The second kappa shape index (κ2) is 9.03. The van der Waals surface area contributed by atoms with Crippen molar-refractivity contribution < 1.29 is 23.5 Å². The molecule has 1 aromatic rings. The number of halogens is 2. The largest absolute Gasteiger partial charge is 0.391 e. The number of nitrogens with zero attached hydrogens (tertiary/aromatic N) is 4. The van der Waals surface area contributed by atoms with E-state index in [1.165, 1.54) is 0 Å². The van der Waals surface area contributed by atoms with E-state index >= 15 is 0 Å². The van der Waals surface area contributed by atoms with Crippen molar-refractivity contribution in [3.63, 3.8) is 0 Å². The highest BCUT2D eigenvalue weighted by Crippen LogP contribution is 2.41. The lowest BCUT2D eigenvalue weighted by atomic mass is 9.87. The van der Waals surface area contributed by atoms with Crippen LogP contribution in [0.2, 0.25) is 0 Å². The molecule has 3 amide bonds. The van der Waals surface area contributed by atoms with Gasteiger partial charge in [0.05, 0.1) is 11.8 Å². The van der Waals surface area contributed by atoms with Crippen LogP contribution >= 0.6 is 0 Å². The van der Waals surface area contributed by atoms with Crippen LogP contribution in [0.3, 0.4) is 0 Å². The quantitative estimate of drug-likeness (QED) is 0.493. The molecule has 2 saturated carbocycles. The summed E-state index contributed by atoms with van der Waals surface area (Å²) in [5.74, 6) is -1.64. The minimum Gasteiger partial charge on any atom is -0.391 e. The number of aryl methyl sites for hydroxylation is 1. The smallest absolute Gasteiger partial charge is 0.315 e. The first kappa shape index (κ1) is 24.0. The van der Waals surface area contributed by atoms with E-state index in [1.807, 2.05) is 0 Å². The van der Waals surface area contributed by atoms with Crippen LogP contribution in [0.15, 0.2) is 0 Å². The van der Waals surface area contributed by atoms with Gasteiger partial charge in [-0.3, -0.25) is 4.79 Å². The summed E-state index contributed by atoms with van der Waals surface area (Å²) in [6, 6.07) is -1.14. The first-order valence-electron chi connectivity index (χ1n) is 12.5. The van der Waals surface area contributed by atoms with E-state index in [1.54, 1.807) is 23.8 Å². The van der Waals surface area contributed by atoms with Crippen LogP contribution in [0.1, 0.15) is 57.6 Å². The Morgan fingerprint density at radius 3 is 2.51 bits per heavy atom. The van der Waals surface area contributed by atoms with Gasteiger partial charge in [-0.15, -0.1) is 0 Å². The fourth-order valence-corrected chi connectivity index (χ4v) is 5.61. The Balaban J connectivity index is 1.18. The average molecular weight is 494 g/mol. The Kier molecular flexibility index (Phi) is 6.18. The van der Waals surface area contributed by atoms with Gasteiger partial charge in [0.1, 0.15) is 11.7 Å². The maximum Gasteiger partial charge on any atom is 0.315 e. The second-order valence-electron chi connectivity index (χ2n) is 10.3. The number of hydrogen-bond acceptors (Lipinski definition) is 7. The van der Waals surface area contributed by atoms with Crippen LogP contribution in [0.5, 0.6) is 0 Å². The van der Waals surface area contributed by atoms with E-state index in [2.05, 4.69) is 25.9 Å². The molecule has 3 heterocycles. The Hall–Kier alpha value is -2.76. The van der Waals surface area contributed by atoms with E-state index < -0.39 is 18.1 Å². The predicted molar refractivity (Wildman–Crippen MR) is 126 cm³/mol. The van der Waals surface area contributed by atoms with E-state index in [0.29, 0.717) is 44.0 Å². The number of nitrogens with one attached hydrogen (secondary N) is 3. The maximum absolute atomic E-state index is 13.3. The van der Waals surface area contributed by atoms with Gasteiger partial charge in [0.15, 0.2) is 5.82 Å². The number of carbonyl (C=O) groups is 2. The topological polar surface area (TPSA) is 123 Å². The molecular weight excluding hydrogens is 460 g/mol. The molecule has 0 spiro atoms. The zero-order valence-corrected chi connectivity index (χ0v) is 20.1. The summed E-state index contributed by atoms with van der Waals surface area (Å²) in [5.41, 5.74) is 1.55. The number of anilines is 3. The molecule has 2 aliphatic carbocycles. The summed E-state index contributed by atoms with van der Waals surface area (Å²) in [7, 11) is 1.77. The van der Waals surface area contributed by atoms with Gasteiger partial charge < -0.3 is 30.9 Å². The molecule has 0 saturated heterocycles. The Morgan fingerprint density at radius 1 is 1.14 bits per heavy atom. The van der Waals surface area contributed by atoms with Crippen LogP contribution in [0, 0.1) is 0 Å². The van der Waals surface area contributed by atoms with Gasteiger partial charge in [0, 0.05) is 44.6 Å². The Labute approximate surface area is 202 Å².